The van der Waals surface area contributed by atoms with Crippen molar-refractivity contribution in [1.29, 1.82) is 0 Å². The third-order valence-electron chi connectivity index (χ3n) is 3.19. The summed E-state index contributed by atoms with van der Waals surface area (Å²) in [6.45, 7) is 7.61. The summed E-state index contributed by atoms with van der Waals surface area (Å²) in [4.78, 5) is 13.7. The normalized spacial score (nSPS) is 21.4. The maximum absolute atomic E-state index is 11.9. The summed E-state index contributed by atoms with van der Waals surface area (Å²) in [5.41, 5.74) is 0. The Bertz CT molecular complexity index is 272. The number of carbonyl (C=O) groups excluding carboxylic acids is 1. The molecule has 0 aromatic heterocycles. The number of aliphatic hydroxyl groups excluding tert-OH is 1. The summed E-state index contributed by atoms with van der Waals surface area (Å²) in [5, 5.41) is 12.5. The highest BCUT2D eigenvalue weighted by Gasteiger charge is 2.26. The molecule has 1 saturated heterocycles. The quantitative estimate of drug-likeness (QED) is 0.572. The van der Waals surface area contributed by atoms with Crippen molar-refractivity contribution in [3.8, 4) is 0 Å². The van der Waals surface area contributed by atoms with Gasteiger partial charge in [-0.3, -0.25) is 0 Å². The van der Waals surface area contributed by atoms with Crippen LogP contribution in [0.1, 0.15) is 19.8 Å². The van der Waals surface area contributed by atoms with E-state index in [2.05, 4.69) is 11.9 Å². The lowest BCUT2D eigenvalue weighted by atomic mass is 9.94. The molecule has 2 unspecified atom stereocenters. The zero-order valence-electron chi connectivity index (χ0n) is 11.1. The number of rotatable bonds is 6. The fraction of sp³-hybridized carbons (Fsp3) is 0.769. The van der Waals surface area contributed by atoms with Crippen LogP contribution in [-0.4, -0.2) is 53.3 Å². The van der Waals surface area contributed by atoms with Gasteiger partial charge in [-0.15, -0.1) is 6.58 Å². The second-order valence-electron chi connectivity index (χ2n) is 4.68. The summed E-state index contributed by atoms with van der Waals surface area (Å²) >= 11 is 1.76. The van der Waals surface area contributed by atoms with Gasteiger partial charge >= 0.3 is 6.03 Å². The number of piperidine rings is 1. The largest absolute Gasteiger partial charge is 0.393 e. The molecule has 2 N–H and O–H groups in total. The third-order valence-corrected chi connectivity index (χ3v) is 4.15. The molecule has 1 fully saturated rings. The predicted molar refractivity (Wildman–Crippen MR) is 76.9 cm³/mol. The lowest BCUT2D eigenvalue weighted by molar-refractivity contribution is 0.0741. The van der Waals surface area contributed by atoms with Crippen molar-refractivity contribution < 1.29 is 9.90 Å². The van der Waals surface area contributed by atoms with Crippen molar-refractivity contribution >= 4 is 17.8 Å². The van der Waals surface area contributed by atoms with E-state index < -0.39 is 0 Å². The molecule has 1 rings (SSSR count). The number of hydrogen-bond donors (Lipinski definition) is 2. The number of hydrogen-bond acceptors (Lipinski definition) is 3. The van der Waals surface area contributed by atoms with Gasteiger partial charge in [0.25, 0.3) is 0 Å². The highest BCUT2D eigenvalue weighted by molar-refractivity contribution is 7.99. The summed E-state index contributed by atoms with van der Waals surface area (Å²) in [6, 6.07) is -0.000414. The monoisotopic (exact) mass is 272 g/mol. The standard InChI is InChI=1S/C13H24N2O2S/c1-3-8-18-9-6-14-13(17)15-7-4-5-12(10-15)11(2)16/h3,11-12,16H,1,4-10H2,2H3,(H,14,17). The molecule has 2 atom stereocenters. The van der Waals surface area contributed by atoms with E-state index in [0.29, 0.717) is 13.1 Å². The first kappa shape index (κ1) is 15.4. The van der Waals surface area contributed by atoms with Crippen molar-refractivity contribution in [2.45, 2.75) is 25.9 Å². The zero-order valence-corrected chi connectivity index (χ0v) is 11.9. The number of carbonyl (C=O) groups is 1. The zero-order chi connectivity index (χ0) is 13.4. The van der Waals surface area contributed by atoms with Gasteiger partial charge in [-0.2, -0.15) is 11.8 Å². The average Bonchev–Trinajstić information content (AvgIpc) is 2.38. The number of thioether (sulfide) groups is 1. The van der Waals surface area contributed by atoms with Crippen molar-refractivity contribution in [3.05, 3.63) is 12.7 Å². The fourth-order valence-electron chi connectivity index (χ4n) is 2.10. The first-order valence-electron chi connectivity index (χ1n) is 6.54. The Labute approximate surface area is 114 Å². The molecule has 0 spiro atoms. The van der Waals surface area contributed by atoms with Gasteiger partial charge in [-0.1, -0.05) is 6.08 Å². The van der Waals surface area contributed by atoms with Crippen molar-refractivity contribution in [2.24, 2.45) is 5.92 Å². The Kier molecular flexibility index (Phi) is 7.20. The van der Waals surface area contributed by atoms with Crippen LogP contribution in [0.3, 0.4) is 0 Å². The molecule has 5 heteroatoms. The minimum Gasteiger partial charge on any atom is -0.393 e. The van der Waals surface area contributed by atoms with Crippen molar-refractivity contribution in [3.63, 3.8) is 0 Å². The predicted octanol–water partition coefficient (Wildman–Crippen LogP) is 1.71. The van der Waals surface area contributed by atoms with Crippen LogP contribution >= 0.6 is 11.8 Å². The minimum atomic E-state index is -0.330. The van der Waals surface area contributed by atoms with Crippen LogP contribution in [0, 0.1) is 5.92 Å². The van der Waals surface area contributed by atoms with Crippen LogP contribution in [-0.2, 0) is 0 Å². The van der Waals surface area contributed by atoms with Gasteiger partial charge < -0.3 is 15.3 Å². The maximum Gasteiger partial charge on any atom is 0.317 e. The number of amides is 2. The topological polar surface area (TPSA) is 52.6 Å². The van der Waals surface area contributed by atoms with E-state index in [0.717, 1.165) is 30.9 Å². The summed E-state index contributed by atoms with van der Waals surface area (Å²) in [7, 11) is 0. The maximum atomic E-state index is 11.9. The van der Waals surface area contributed by atoms with E-state index in [-0.39, 0.29) is 18.1 Å². The Morgan fingerprint density at radius 1 is 1.72 bits per heavy atom. The van der Waals surface area contributed by atoms with Gasteiger partial charge in [-0.05, 0) is 19.8 Å². The van der Waals surface area contributed by atoms with Gasteiger partial charge in [0.05, 0.1) is 6.10 Å². The molecule has 0 bridgehead atoms. The molecule has 1 heterocycles. The third kappa shape index (κ3) is 5.31. The van der Waals surface area contributed by atoms with Gasteiger partial charge in [-0.25, -0.2) is 4.79 Å². The number of nitrogens with one attached hydrogen (secondary N) is 1. The van der Waals surface area contributed by atoms with E-state index in [1.807, 2.05) is 11.0 Å². The molecule has 18 heavy (non-hydrogen) atoms. The summed E-state index contributed by atoms with van der Waals surface area (Å²) in [5.74, 6) is 2.05. The van der Waals surface area contributed by atoms with E-state index in [4.69, 9.17) is 0 Å². The van der Waals surface area contributed by atoms with E-state index in [9.17, 15) is 9.90 Å². The molecule has 0 radical (unpaired) electrons. The summed E-state index contributed by atoms with van der Waals surface area (Å²) < 4.78 is 0. The Balaban J connectivity index is 2.22. The summed E-state index contributed by atoms with van der Waals surface area (Å²) in [6.07, 6.45) is 3.53. The van der Waals surface area contributed by atoms with Crippen LogP contribution in [0.2, 0.25) is 0 Å². The molecule has 1 aliphatic rings. The molecule has 0 saturated carbocycles. The second kappa shape index (κ2) is 8.43. The number of nitrogens with zero attached hydrogens (tertiary/aromatic N) is 1. The highest BCUT2D eigenvalue weighted by Crippen LogP contribution is 2.19. The van der Waals surface area contributed by atoms with Crippen molar-refractivity contribution in [1.82, 2.24) is 10.2 Å². The first-order valence-corrected chi connectivity index (χ1v) is 7.70. The van der Waals surface area contributed by atoms with Gasteiger partial charge in [0, 0.05) is 37.1 Å². The van der Waals surface area contributed by atoms with Gasteiger partial charge in [0.2, 0.25) is 0 Å². The SMILES string of the molecule is C=CCSCCNC(=O)N1CCCC(C(C)O)C1. The lowest BCUT2D eigenvalue weighted by Gasteiger charge is -2.34. The molecule has 2 amide bonds. The first-order chi connectivity index (χ1) is 8.65. The Hall–Kier alpha value is -0.680. The molecular weight excluding hydrogens is 248 g/mol. The fourth-order valence-corrected chi connectivity index (χ4v) is 2.68. The lowest BCUT2D eigenvalue weighted by Crippen LogP contribution is -2.47. The van der Waals surface area contributed by atoms with E-state index in [1.165, 1.54) is 0 Å². The smallest absolute Gasteiger partial charge is 0.317 e. The van der Waals surface area contributed by atoms with Crippen LogP contribution < -0.4 is 5.32 Å². The van der Waals surface area contributed by atoms with Crippen LogP contribution in [0.25, 0.3) is 0 Å². The highest BCUT2D eigenvalue weighted by atomic mass is 32.2. The molecule has 1 aliphatic heterocycles. The molecule has 0 aliphatic carbocycles. The molecule has 104 valence electrons. The number of aliphatic hydroxyl groups is 1. The van der Waals surface area contributed by atoms with Gasteiger partial charge in [0.15, 0.2) is 0 Å². The van der Waals surface area contributed by atoms with Crippen molar-refractivity contribution in [2.75, 3.05) is 31.1 Å². The molecule has 0 aromatic carbocycles. The van der Waals surface area contributed by atoms with Gasteiger partial charge in [0.1, 0.15) is 0 Å². The number of likely N-dealkylation sites (tertiary alicyclic amines) is 1. The average molecular weight is 272 g/mol. The molecule has 4 nitrogen and oxygen atoms in total. The Morgan fingerprint density at radius 2 is 2.50 bits per heavy atom. The number of urea groups is 1. The second-order valence-corrected chi connectivity index (χ2v) is 5.83. The molecule has 0 aromatic rings. The minimum absolute atomic E-state index is 0.000414. The Morgan fingerprint density at radius 3 is 3.17 bits per heavy atom. The van der Waals surface area contributed by atoms with Crippen LogP contribution in [0.4, 0.5) is 4.79 Å². The van der Waals surface area contributed by atoms with Crippen LogP contribution in [0.15, 0.2) is 12.7 Å². The van der Waals surface area contributed by atoms with E-state index >= 15 is 0 Å². The molecular formula is C13H24N2O2S. The van der Waals surface area contributed by atoms with E-state index in [1.54, 1.807) is 18.7 Å². The van der Waals surface area contributed by atoms with Crippen LogP contribution in [0.5, 0.6) is 0 Å².